The molecule has 0 bridgehead atoms. The average molecular weight is 477 g/mol. The lowest BCUT2D eigenvalue weighted by Crippen LogP contribution is -2.21. The molecule has 0 fully saturated rings. The molecule has 0 spiro atoms. The number of aryl methyl sites for hydroxylation is 1. The number of aliphatic carboxylic acids is 1. The Morgan fingerprint density at radius 1 is 1.16 bits per heavy atom. The molecule has 13 heteroatoms. The number of hydrogen-bond donors (Lipinski definition) is 2. The SMILES string of the molecule is Cn1ccc(C(=O)Nc2ccc(Oc3ccc(Cl)cn3)c(Cl)c2)n1.O=C(O)C(F)(F)F. The van der Waals surface area contributed by atoms with Crippen LogP contribution in [0.5, 0.6) is 11.6 Å². The van der Waals surface area contributed by atoms with E-state index < -0.39 is 12.1 Å². The molecule has 3 aromatic rings. The summed E-state index contributed by atoms with van der Waals surface area (Å²) in [4.78, 5) is 25.0. The fourth-order valence-corrected chi connectivity index (χ4v) is 2.26. The van der Waals surface area contributed by atoms with Gasteiger partial charge in [0.1, 0.15) is 5.75 Å². The van der Waals surface area contributed by atoms with Crippen LogP contribution in [0.4, 0.5) is 18.9 Å². The smallest absolute Gasteiger partial charge is 0.475 e. The van der Waals surface area contributed by atoms with Gasteiger partial charge in [0.25, 0.3) is 5.91 Å². The summed E-state index contributed by atoms with van der Waals surface area (Å²) in [6, 6.07) is 9.84. The van der Waals surface area contributed by atoms with Crippen molar-refractivity contribution in [1.82, 2.24) is 14.8 Å². The number of carbonyl (C=O) groups is 2. The number of pyridine rings is 1. The van der Waals surface area contributed by atoms with E-state index in [-0.39, 0.29) is 5.91 Å². The number of carboxylic acid groups (broad SMARTS) is 1. The van der Waals surface area contributed by atoms with Crippen LogP contribution in [0.25, 0.3) is 0 Å². The van der Waals surface area contributed by atoms with Crippen molar-refractivity contribution in [1.29, 1.82) is 0 Å². The van der Waals surface area contributed by atoms with E-state index in [1.54, 1.807) is 54.3 Å². The maximum atomic E-state index is 12.1. The molecule has 164 valence electrons. The standard InChI is InChI=1S/C16H12Cl2N4O2.C2HF3O2/c1-22-7-6-13(21-22)16(23)20-11-3-4-14(12(18)8-11)24-15-5-2-10(17)9-19-15;3-2(4,5)1(6)7/h2-9H,1H3,(H,20,23);(H,6,7). The van der Waals surface area contributed by atoms with Crippen molar-refractivity contribution in [2.75, 3.05) is 5.32 Å². The zero-order chi connectivity index (χ0) is 23.2. The van der Waals surface area contributed by atoms with Crippen LogP contribution in [0.2, 0.25) is 10.0 Å². The summed E-state index contributed by atoms with van der Waals surface area (Å²) >= 11 is 12.0. The molecule has 0 aliphatic heterocycles. The predicted molar refractivity (Wildman–Crippen MR) is 106 cm³/mol. The molecule has 0 saturated heterocycles. The summed E-state index contributed by atoms with van der Waals surface area (Å²) in [6.45, 7) is 0. The van der Waals surface area contributed by atoms with Gasteiger partial charge < -0.3 is 15.2 Å². The molecule has 1 amide bonds. The maximum absolute atomic E-state index is 12.1. The van der Waals surface area contributed by atoms with Gasteiger partial charge in [0.15, 0.2) is 5.69 Å². The third-order valence-corrected chi connectivity index (χ3v) is 3.81. The van der Waals surface area contributed by atoms with Crippen molar-refractivity contribution in [3.8, 4) is 11.6 Å². The largest absolute Gasteiger partial charge is 0.490 e. The Morgan fingerprint density at radius 3 is 2.32 bits per heavy atom. The second-order valence-corrected chi connectivity index (χ2v) is 6.54. The molecule has 0 aliphatic carbocycles. The molecule has 2 N–H and O–H groups in total. The number of anilines is 1. The van der Waals surface area contributed by atoms with Gasteiger partial charge in [0, 0.05) is 31.2 Å². The number of hydrogen-bond acceptors (Lipinski definition) is 5. The van der Waals surface area contributed by atoms with Crippen molar-refractivity contribution in [2.45, 2.75) is 6.18 Å². The number of halogens is 5. The van der Waals surface area contributed by atoms with Gasteiger partial charge in [-0.25, -0.2) is 9.78 Å². The van der Waals surface area contributed by atoms with Crippen molar-refractivity contribution in [3.05, 3.63) is 64.5 Å². The zero-order valence-corrected chi connectivity index (χ0v) is 17.0. The zero-order valence-electron chi connectivity index (χ0n) is 15.5. The van der Waals surface area contributed by atoms with Crippen LogP contribution in [0.15, 0.2) is 48.8 Å². The lowest BCUT2D eigenvalue weighted by atomic mass is 10.3. The topological polar surface area (TPSA) is 106 Å². The van der Waals surface area contributed by atoms with Crippen molar-refractivity contribution >= 4 is 40.8 Å². The van der Waals surface area contributed by atoms with Crippen LogP contribution < -0.4 is 10.1 Å². The van der Waals surface area contributed by atoms with E-state index in [1.165, 1.54) is 6.20 Å². The molecular formula is C18H13Cl2F3N4O4. The van der Waals surface area contributed by atoms with E-state index in [4.69, 9.17) is 37.8 Å². The Hall–Kier alpha value is -3.31. The first kappa shape index (κ1) is 24.0. The van der Waals surface area contributed by atoms with E-state index in [0.29, 0.717) is 33.1 Å². The van der Waals surface area contributed by atoms with Gasteiger partial charge in [-0.2, -0.15) is 18.3 Å². The van der Waals surface area contributed by atoms with Crippen LogP contribution in [-0.4, -0.2) is 37.9 Å². The second-order valence-electron chi connectivity index (χ2n) is 5.69. The fraction of sp³-hybridized carbons (Fsp3) is 0.111. The van der Waals surface area contributed by atoms with Crippen LogP contribution in [0.3, 0.4) is 0 Å². The summed E-state index contributed by atoms with van der Waals surface area (Å²) in [6.07, 6.45) is -1.91. The summed E-state index contributed by atoms with van der Waals surface area (Å²) in [5.74, 6) is -2.29. The number of carboxylic acids is 1. The number of benzene rings is 1. The molecule has 3 rings (SSSR count). The van der Waals surface area contributed by atoms with Gasteiger partial charge in [0.05, 0.1) is 10.0 Å². The number of alkyl halides is 3. The summed E-state index contributed by atoms with van der Waals surface area (Å²) in [7, 11) is 1.74. The number of aromatic nitrogens is 3. The Labute approximate surface area is 183 Å². The van der Waals surface area contributed by atoms with E-state index >= 15 is 0 Å². The first-order valence-corrected chi connectivity index (χ1v) is 8.91. The minimum absolute atomic E-state index is 0.319. The average Bonchev–Trinajstić information content (AvgIpc) is 3.12. The highest BCUT2D eigenvalue weighted by Crippen LogP contribution is 2.31. The van der Waals surface area contributed by atoms with Crippen LogP contribution >= 0.6 is 23.2 Å². The highest BCUT2D eigenvalue weighted by molar-refractivity contribution is 6.32. The second kappa shape index (κ2) is 10.1. The molecule has 2 heterocycles. The van der Waals surface area contributed by atoms with Crippen LogP contribution in [0, 0.1) is 0 Å². The molecule has 8 nitrogen and oxygen atoms in total. The minimum Gasteiger partial charge on any atom is -0.475 e. The van der Waals surface area contributed by atoms with Crippen molar-refractivity contribution in [3.63, 3.8) is 0 Å². The van der Waals surface area contributed by atoms with E-state index in [1.807, 2.05) is 0 Å². The fourth-order valence-electron chi connectivity index (χ4n) is 1.93. The van der Waals surface area contributed by atoms with E-state index in [2.05, 4.69) is 15.4 Å². The van der Waals surface area contributed by atoms with Gasteiger partial charge in [-0.1, -0.05) is 23.2 Å². The number of carbonyl (C=O) groups excluding carboxylic acids is 1. The Bertz CT molecular complexity index is 1070. The van der Waals surface area contributed by atoms with Gasteiger partial charge >= 0.3 is 12.1 Å². The number of ether oxygens (including phenoxy) is 1. The first-order valence-electron chi connectivity index (χ1n) is 8.16. The third kappa shape index (κ3) is 7.46. The van der Waals surface area contributed by atoms with Gasteiger partial charge in [-0.05, 0) is 30.3 Å². The molecular weight excluding hydrogens is 464 g/mol. The number of amides is 1. The third-order valence-electron chi connectivity index (χ3n) is 3.29. The van der Waals surface area contributed by atoms with Crippen LogP contribution in [0.1, 0.15) is 10.5 Å². The Kier molecular flexibility index (Phi) is 7.83. The van der Waals surface area contributed by atoms with Gasteiger partial charge in [0.2, 0.25) is 5.88 Å². The lowest BCUT2D eigenvalue weighted by Gasteiger charge is -2.09. The quantitative estimate of drug-likeness (QED) is 0.560. The highest BCUT2D eigenvalue weighted by atomic mass is 35.5. The Morgan fingerprint density at radius 2 is 1.84 bits per heavy atom. The number of rotatable bonds is 4. The molecule has 0 aliphatic rings. The molecule has 0 atom stereocenters. The highest BCUT2D eigenvalue weighted by Gasteiger charge is 2.38. The summed E-state index contributed by atoms with van der Waals surface area (Å²) in [5, 5.41) is 14.7. The van der Waals surface area contributed by atoms with Crippen molar-refractivity contribution in [2.24, 2.45) is 7.05 Å². The van der Waals surface area contributed by atoms with Gasteiger partial charge in [-0.15, -0.1) is 0 Å². The number of nitrogens with one attached hydrogen (secondary N) is 1. The molecule has 0 unspecified atom stereocenters. The Balaban J connectivity index is 0.000000423. The molecule has 1 aromatic carbocycles. The first-order chi connectivity index (χ1) is 14.5. The minimum atomic E-state index is -5.08. The summed E-state index contributed by atoms with van der Waals surface area (Å²) < 4.78 is 38.9. The van der Waals surface area contributed by atoms with Gasteiger partial charge in [-0.3, -0.25) is 9.48 Å². The van der Waals surface area contributed by atoms with E-state index in [9.17, 15) is 18.0 Å². The summed E-state index contributed by atoms with van der Waals surface area (Å²) in [5.41, 5.74) is 0.853. The predicted octanol–water partition coefficient (Wildman–Crippen LogP) is 4.80. The molecule has 31 heavy (non-hydrogen) atoms. The van der Waals surface area contributed by atoms with E-state index in [0.717, 1.165) is 0 Å². The molecule has 0 radical (unpaired) electrons. The molecule has 2 aromatic heterocycles. The lowest BCUT2D eigenvalue weighted by molar-refractivity contribution is -0.192. The maximum Gasteiger partial charge on any atom is 0.490 e. The monoisotopic (exact) mass is 476 g/mol. The van der Waals surface area contributed by atoms with Crippen molar-refractivity contribution < 1.29 is 32.6 Å². The van der Waals surface area contributed by atoms with Crippen LogP contribution in [-0.2, 0) is 11.8 Å². The number of nitrogens with zero attached hydrogens (tertiary/aromatic N) is 3. The normalized spacial score (nSPS) is 10.6. The molecule has 0 saturated carbocycles.